The van der Waals surface area contributed by atoms with Crippen LogP contribution in [0.4, 0.5) is 0 Å². The molecule has 0 rings (SSSR count). The standard InChI is InChI=1S/C11H24O2Si/c1-6-11(10-12-7-2)8-9-13-14(3,4)5/h8H,6-7,9-10H2,1-5H3. The van der Waals surface area contributed by atoms with Crippen LogP contribution in [0.1, 0.15) is 20.3 Å². The van der Waals surface area contributed by atoms with Gasteiger partial charge in [0.25, 0.3) is 0 Å². The van der Waals surface area contributed by atoms with Crippen molar-refractivity contribution in [1.82, 2.24) is 0 Å². The highest BCUT2D eigenvalue weighted by atomic mass is 28.4. The Balaban J connectivity index is 3.81. The Morgan fingerprint density at radius 1 is 1.21 bits per heavy atom. The van der Waals surface area contributed by atoms with E-state index in [0.717, 1.165) is 26.2 Å². The van der Waals surface area contributed by atoms with Gasteiger partial charge in [-0.25, -0.2) is 0 Å². The summed E-state index contributed by atoms with van der Waals surface area (Å²) in [5, 5.41) is 0. The zero-order valence-electron chi connectivity index (χ0n) is 10.2. The third kappa shape index (κ3) is 8.47. The smallest absolute Gasteiger partial charge is 0.184 e. The minimum Gasteiger partial charge on any atom is -0.414 e. The molecule has 0 radical (unpaired) electrons. The second-order valence-electron chi connectivity index (χ2n) is 4.28. The first kappa shape index (κ1) is 13.9. The molecule has 0 heterocycles. The number of rotatable bonds is 7. The van der Waals surface area contributed by atoms with Crippen LogP contribution < -0.4 is 0 Å². The number of hydrogen-bond acceptors (Lipinski definition) is 2. The van der Waals surface area contributed by atoms with Gasteiger partial charge in [0.1, 0.15) is 0 Å². The highest BCUT2D eigenvalue weighted by molar-refractivity contribution is 6.69. The summed E-state index contributed by atoms with van der Waals surface area (Å²) in [6, 6.07) is 0. The highest BCUT2D eigenvalue weighted by Crippen LogP contribution is 2.05. The molecule has 0 atom stereocenters. The van der Waals surface area contributed by atoms with E-state index in [4.69, 9.17) is 9.16 Å². The van der Waals surface area contributed by atoms with Crippen molar-refractivity contribution in [2.75, 3.05) is 19.8 Å². The summed E-state index contributed by atoms with van der Waals surface area (Å²) in [5.74, 6) is 0. The van der Waals surface area contributed by atoms with Crippen molar-refractivity contribution in [3.63, 3.8) is 0 Å². The molecule has 0 saturated carbocycles. The van der Waals surface area contributed by atoms with Gasteiger partial charge in [0.15, 0.2) is 8.32 Å². The molecule has 0 aliphatic carbocycles. The maximum absolute atomic E-state index is 5.75. The van der Waals surface area contributed by atoms with Gasteiger partial charge in [-0.3, -0.25) is 0 Å². The summed E-state index contributed by atoms with van der Waals surface area (Å²) >= 11 is 0. The summed E-state index contributed by atoms with van der Waals surface area (Å²) in [7, 11) is -1.35. The molecule has 0 amide bonds. The van der Waals surface area contributed by atoms with Gasteiger partial charge < -0.3 is 9.16 Å². The Kier molecular flexibility index (Phi) is 7.14. The van der Waals surface area contributed by atoms with Gasteiger partial charge in [0.2, 0.25) is 0 Å². The van der Waals surface area contributed by atoms with Crippen molar-refractivity contribution in [3.8, 4) is 0 Å². The molecule has 0 aliphatic rings. The maximum atomic E-state index is 5.75. The molecule has 0 N–H and O–H groups in total. The van der Waals surface area contributed by atoms with E-state index >= 15 is 0 Å². The van der Waals surface area contributed by atoms with Crippen molar-refractivity contribution in [2.24, 2.45) is 0 Å². The molecule has 0 fully saturated rings. The van der Waals surface area contributed by atoms with Crippen LogP contribution in [0.25, 0.3) is 0 Å². The first-order chi connectivity index (χ1) is 6.49. The predicted molar refractivity (Wildman–Crippen MR) is 64.2 cm³/mol. The topological polar surface area (TPSA) is 18.5 Å². The minimum absolute atomic E-state index is 0.742. The first-order valence-corrected chi connectivity index (χ1v) is 8.80. The molecule has 3 heteroatoms. The predicted octanol–water partition coefficient (Wildman–Crippen LogP) is 3.21. The van der Waals surface area contributed by atoms with Crippen LogP contribution >= 0.6 is 0 Å². The summed E-state index contributed by atoms with van der Waals surface area (Å²) in [4.78, 5) is 0. The Morgan fingerprint density at radius 2 is 1.86 bits per heavy atom. The summed E-state index contributed by atoms with van der Waals surface area (Å²) in [5.41, 5.74) is 1.34. The van der Waals surface area contributed by atoms with E-state index in [1.54, 1.807) is 0 Å². The normalized spacial score (nSPS) is 13.4. The maximum Gasteiger partial charge on any atom is 0.184 e. The lowest BCUT2D eigenvalue weighted by Crippen LogP contribution is -2.25. The van der Waals surface area contributed by atoms with E-state index in [9.17, 15) is 0 Å². The van der Waals surface area contributed by atoms with Crippen LogP contribution in [0, 0.1) is 0 Å². The van der Waals surface area contributed by atoms with Gasteiger partial charge in [-0.1, -0.05) is 13.0 Å². The minimum atomic E-state index is -1.35. The third-order valence-electron chi connectivity index (χ3n) is 1.83. The second kappa shape index (κ2) is 7.21. The molecule has 0 aromatic rings. The van der Waals surface area contributed by atoms with Gasteiger partial charge in [-0.15, -0.1) is 0 Å². The molecule has 0 aromatic carbocycles. The fourth-order valence-electron chi connectivity index (χ4n) is 0.948. The van der Waals surface area contributed by atoms with Gasteiger partial charge >= 0.3 is 0 Å². The quantitative estimate of drug-likeness (QED) is 0.480. The lowest BCUT2D eigenvalue weighted by molar-refractivity contribution is 0.168. The zero-order chi connectivity index (χ0) is 11.0. The SMILES string of the molecule is CCOCC(=CCO[Si](C)(C)C)CC. The molecule has 0 bridgehead atoms. The van der Waals surface area contributed by atoms with Crippen molar-refractivity contribution in [2.45, 2.75) is 39.9 Å². The van der Waals surface area contributed by atoms with Crippen LogP contribution in [0.5, 0.6) is 0 Å². The first-order valence-electron chi connectivity index (χ1n) is 5.39. The van der Waals surface area contributed by atoms with E-state index in [-0.39, 0.29) is 0 Å². The van der Waals surface area contributed by atoms with Crippen LogP contribution in [0.2, 0.25) is 19.6 Å². The van der Waals surface area contributed by atoms with E-state index < -0.39 is 8.32 Å². The second-order valence-corrected chi connectivity index (χ2v) is 8.79. The molecule has 0 aromatic heterocycles. The number of hydrogen-bond donors (Lipinski definition) is 0. The largest absolute Gasteiger partial charge is 0.414 e. The highest BCUT2D eigenvalue weighted by Gasteiger charge is 2.12. The van der Waals surface area contributed by atoms with E-state index in [0.29, 0.717) is 0 Å². The lowest BCUT2D eigenvalue weighted by atomic mass is 10.2. The van der Waals surface area contributed by atoms with Crippen LogP contribution in [0.3, 0.4) is 0 Å². The van der Waals surface area contributed by atoms with E-state index in [1.807, 2.05) is 6.92 Å². The summed E-state index contributed by atoms with van der Waals surface area (Å²) in [6.07, 6.45) is 3.21. The summed E-state index contributed by atoms with van der Waals surface area (Å²) in [6.45, 7) is 13.1. The van der Waals surface area contributed by atoms with Crippen molar-refractivity contribution in [3.05, 3.63) is 11.6 Å². The van der Waals surface area contributed by atoms with Crippen LogP contribution in [-0.4, -0.2) is 28.1 Å². The third-order valence-corrected chi connectivity index (χ3v) is 2.87. The van der Waals surface area contributed by atoms with Gasteiger partial charge in [-0.2, -0.15) is 0 Å². The van der Waals surface area contributed by atoms with Crippen molar-refractivity contribution < 1.29 is 9.16 Å². The molecule has 2 nitrogen and oxygen atoms in total. The Hall–Kier alpha value is -0.123. The average molecular weight is 216 g/mol. The Labute approximate surface area is 89.4 Å². The van der Waals surface area contributed by atoms with Crippen molar-refractivity contribution in [1.29, 1.82) is 0 Å². The molecule has 0 aliphatic heterocycles. The lowest BCUT2D eigenvalue weighted by Gasteiger charge is -2.16. The van der Waals surface area contributed by atoms with Gasteiger partial charge in [0, 0.05) is 6.61 Å². The van der Waals surface area contributed by atoms with Crippen molar-refractivity contribution >= 4 is 8.32 Å². The van der Waals surface area contributed by atoms with E-state index in [1.165, 1.54) is 5.57 Å². The Bertz CT molecular complexity index is 171. The molecule has 0 saturated heterocycles. The van der Waals surface area contributed by atoms with E-state index in [2.05, 4.69) is 32.6 Å². The molecule has 84 valence electrons. The molecule has 14 heavy (non-hydrogen) atoms. The van der Waals surface area contributed by atoms with Crippen LogP contribution in [-0.2, 0) is 9.16 Å². The van der Waals surface area contributed by atoms with Gasteiger partial charge in [-0.05, 0) is 38.6 Å². The fourth-order valence-corrected chi connectivity index (χ4v) is 1.53. The van der Waals surface area contributed by atoms with Crippen LogP contribution in [0.15, 0.2) is 11.6 Å². The molecule has 0 spiro atoms. The van der Waals surface area contributed by atoms with Gasteiger partial charge in [0.05, 0.1) is 13.2 Å². The number of ether oxygens (including phenoxy) is 1. The average Bonchev–Trinajstić information content (AvgIpc) is 2.09. The monoisotopic (exact) mass is 216 g/mol. The fraction of sp³-hybridized carbons (Fsp3) is 0.818. The zero-order valence-corrected chi connectivity index (χ0v) is 11.2. The summed E-state index contributed by atoms with van der Waals surface area (Å²) < 4.78 is 11.1. The molecular formula is C11H24O2Si. The Morgan fingerprint density at radius 3 is 2.29 bits per heavy atom. The molecule has 0 unspecified atom stereocenters. The molecular weight excluding hydrogens is 192 g/mol.